The van der Waals surface area contributed by atoms with Gasteiger partial charge >= 0.3 is 0 Å². The summed E-state index contributed by atoms with van der Waals surface area (Å²) < 4.78 is 0. The maximum absolute atomic E-state index is 12.3. The van der Waals surface area contributed by atoms with Crippen LogP contribution in [0.25, 0.3) is 0 Å². The third kappa shape index (κ3) is 5.26. The largest absolute Gasteiger partial charge is 0.347 e. The van der Waals surface area contributed by atoms with Gasteiger partial charge in [0.25, 0.3) is 5.69 Å². The lowest BCUT2D eigenvalue weighted by molar-refractivity contribution is -0.384. The Morgan fingerprint density at radius 3 is 2.52 bits per heavy atom. The van der Waals surface area contributed by atoms with Crippen LogP contribution >= 0.6 is 0 Å². The summed E-state index contributed by atoms with van der Waals surface area (Å²) in [4.78, 5) is 38.8. The van der Waals surface area contributed by atoms with E-state index < -0.39 is 0 Å². The van der Waals surface area contributed by atoms with Crippen molar-refractivity contribution < 1.29 is 14.5 Å². The number of carbonyl (C=O) groups excluding carboxylic acids is 2. The fourth-order valence-corrected chi connectivity index (χ4v) is 3.79. The molecule has 0 atom stereocenters. The molecule has 0 radical (unpaired) electrons. The van der Waals surface area contributed by atoms with E-state index in [0.29, 0.717) is 32.7 Å². The van der Waals surface area contributed by atoms with Gasteiger partial charge in [-0.05, 0) is 18.4 Å². The van der Waals surface area contributed by atoms with Gasteiger partial charge in [0.05, 0.1) is 11.5 Å². The zero-order valence-corrected chi connectivity index (χ0v) is 15.4. The first-order valence-electron chi connectivity index (χ1n) is 9.54. The van der Waals surface area contributed by atoms with Crippen LogP contribution in [0.15, 0.2) is 24.3 Å². The summed E-state index contributed by atoms with van der Waals surface area (Å²) in [5.41, 5.74) is 0.993. The van der Waals surface area contributed by atoms with E-state index >= 15 is 0 Å². The second-order valence-electron chi connectivity index (χ2n) is 7.28. The molecule has 0 unspecified atom stereocenters. The third-order valence-corrected chi connectivity index (χ3v) is 5.39. The number of piperazine rings is 1. The van der Waals surface area contributed by atoms with E-state index in [0.717, 1.165) is 31.2 Å². The Balaban J connectivity index is 1.41. The van der Waals surface area contributed by atoms with Crippen LogP contribution in [-0.4, -0.2) is 59.3 Å². The summed E-state index contributed by atoms with van der Waals surface area (Å²) in [6, 6.07) is 6.65. The molecule has 2 amide bonds. The number of nitro groups is 1. The minimum absolute atomic E-state index is 0.00478. The molecule has 146 valence electrons. The van der Waals surface area contributed by atoms with Crippen LogP contribution in [0.5, 0.6) is 0 Å². The monoisotopic (exact) mass is 374 g/mol. The van der Waals surface area contributed by atoms with Crippen molar-refractivity contribution in [1.82, 2.24) is 15.1 Å². The highest BCUT2D eigenvalue weighted by Crippen LogP contribution is 2.24. The Morgan fingerprint density at radius 1 is 1.15 bits per heavy atom. The number of hydrogen-bond acceptors (Lipinski definition) is 5. The van der Waals surface area contributed by atoms with Crippen LogP contribution in [0.1, 0.15) is 31.2 Å². The normalized spacial score (nSPS) is 18.4. The van der Waals surface area contributed by atoms with Crippen molar-refractivity contribution in [3.05, 3.63) is 39.9 Å². The molecule has 0 aromatic heterocycles. The molecule has 1 N–H and O–H groups in total. The van der Waals surface area contributed by atoms with Gasteiger partial charge in [0.15, 0.2) is 0 Å². The van der Waals surface area contributed by atoms with Crippen molar-refractivity contribution in [2.75, 3.05) is 32.7 Å². The minimum atomic E-state index is -0.389. The van der Waals surface area contributed by atoms with Crippen LogP contribution in [0, 0.1) is 16.0 Å². The second kappa shape index (κ2) is 8.94. The van der Waals surface area contributed by atoms with Crippen LogP contribution in [0.2, 0.25) is 0 Å². The van der Waals surface area contributed by atoms with Gasteiger partial charge < -0.3 is 10.2 Å². The third-order valence-electron chi connectivity index (χ3n) is 5.39. The van der Waals surface area contributed by atoms with Crippen molar-refractivity contribution in [3.8, 4) is 0 Å². The quantitative estimate of drug-likeness (QED) is 0.602. The Labute approximate surface area is 158 Å². The van der Waals surface area contributed by atoms with Crippen molar-refractivity contribution in [1.29, 1.82) is 0 Å². The lowest BCUT2D eigenvalue weighted by atomic mass is 10.1. The summed E-state index contributed by atoms with van der Waals surface area (Å²) in [7, 11) is 0. The average molecular weight is 374 g/mol. The van der Waals surface area contributed by atoms with Gasteiger partial charge in [-0.25, -0.2) is 0 Å². The van der Waals surface area contributed by atoms with Gasteiger partial charge in [-0.2, -0.15) is 0 Å². The molecule has 1 saturated carbocycles. The Kier molecular flexibility index (Phi) is 6.39. The van der Waals surface area contributed by atoms with Gasteiger partial charge in [0.2, 0.25) is 11.8 Å². The molecule has 1 aromatic carbocycles. The molecule has 27 heavy (non-hydrogen) atoms. The number of benzene rings is 1. The van der Waals surface area contributed by atoms with E-state index in [2.05, 4.69) is 10.2 Å². The molecule has 1 aromatic rings. The summed E-state index contributed by atoms with van der Waals surface area (Å²) in [6.07, 6.45) is 4.05. The van der Waals surface area contributed by atoms with E-state index in [9.17, 15) is 19.7 Å². The van der Waals surface area contributed by atoms with Crippen LogP contribution in [0.4, 0.5) is 5.69 Å². The highest BCUT2D eigenvalue weighted by Gasteiger charge is 2.25. The SMILES string of the molecule is O=C(NCC(=O)N1CCN(Cc2cccc([N+](=O)[O-])c2)CC1)C1CCCC1. The highest BCUT2D eigenvalue weighted by atomic mass is 16.6. The highest BCUT2D eigenvalue weighted by molar-refractivity contribution is 5.86. The predicted octanol–water partition coefficient (Wildman–Crippen LogP) is 1.55. The fraction of sp³-hybridized carbons (Fsp3) is 0.579. The molecule has 1 aliphatic carbocycles. The minimum Gasteiger partial charge on any atom is -0.347 e. The summed E-state index contributed by atoms with van der Waals surface area (Å²) in [6.45, 7) is 3.33. The van der Waals surface area contributed by atoms with Gasteiger partial charge in [-0.1, -0.05) is 25.0 Å². The van der Waals surface area contributed by atoms with E-state index in [1.807, 2.05) is 6.07 Å². The molecule has 1 aliphatic heterocycles. The molecule has 2 fully saturated rings. The Morgan fingerprint density at radius 2 is 1.85 bits per heavy atom. The number of carbonyl (C=O) groups is 2. The van der Waals surface area contributed by atoms with E-state index in [-0.39, 0.29) is 34.9 Å². The standard InChI is InChI=1S/C19H26N4O4/c24-18(13-20-19(25)16-5-1-2-6-16)22-10-8-21(9-11-22)14-15-4-3-7-17(12-15)23(26)27/h3-4,7,12,16H,1-2,5-6,8-11,13-14H2,(H,20,25). The van der Waals surface area contributed by atoms with Gasteiger partial charge in [0, 0.05) is 50.8 Å². The topological polar surface area (TPSA) is 95.8 Å². The first kappa shape index (κ1) is 19.3. The number of rotatable bonds is 6. The summed E-state index contributed by atoms with van der Waals surface area (Å²) in [5, 5.41) is 13.7. The molecule has 1 heterocycles. The number of hydrogen-bond donors (Lipinski definition) is 1. The average Bonchev–Trinajstić information content (AvgIpc) is 3.21. The number of non-ortho nitro benzene ring substituents is 1. The summed E-state index contributed by atoms with van der Waals surface area (Å²) >= 11 is 0. The molecule has 0 spiro atoms. The number of nitro benzene ring substituents is 1. The molecule has 8 nitrogen and oxygen atoms in total. The Hall–Kier alpha value is -2.48. The molecule has 0 bridgehead atoms. The number of nitrogens with one attached hydrogen (secondary N) is 1. The predicted molar refractivity (Wildman–Crippen MR) is 99.9 cm³/mol. The Bertz CT molecular complexity index is 695. The van der Waals surface area contributed by atoms with Gasteiger partial charge in [-0.3, -0.25) is 24.6 Å². The van der Waals surface area contributed by atoms with Crippen molar-refractivity contribution in [2.24, 2.45) is 5.92 Å². The molecule has 3 rings (SSSR count). The lowest BCUT2D eigenvalue weighted by Gasteiger charge is -2.34. The first-order chi connectivity index (χ1) is 13.0. The van der Waals surface area contributed by atoms with Crippen molar-refractivity contribution in [2.45, 2.75) is 32.2 Å². The fourth-order valence-electron chi connectivity index (χ4n) is 3.79. The molecular formula is C19H26N4O4. The molecular weight excluding hydrogens is 348 g/mol. The number of amides is 2. The number of nitrogens with zero attached hydrogens (tertiary/aromatic N) is 3. The van der Waals surface area contributed by atoms with Gasteiger partial charge in [0.1, 0.15) is 0 Å². The zero-order valence-electron chi connectivity index (χ0n) is 15.4. The van der Waals surface area contributed by atoms with Crippen molar-refractivity contribution in [3.63, 3.8) is 0 Å². The maximum atomic E-state index is 12.3. The van der Waals surface area contributed by atoms with Crippen molar-refractivity contribution >= 4 is 17.5 Å². The molecule has 8 heteroatoms. The zero-order chi connectivity index (χ0) is 19.2. The van der Waals surface area contributed by atoms with E-state index in [4.69, 9.17) is 0 Å². The smallest absolute Gasteiger partial charge is 0.269 e. The first-order valence-corrected chi connectivity index (χ1v) is 9.54. The van der Waals surface area contributed by atoms with E-state index in [1.165, 1.54) is 6.07 Å². The lowest BCUT2D eigenvalue weighted by Crippen LogP contribution is -2.51. The van der Waals surface area contributed by atoms with Crippen LogP contribution in [-0.2, 0) is 16.1 Å². The van der Waals surface area contributed by atoms with Crippen LogP contribution in [0.3, 0.4) is 0 Å². The van der Waals surface area contributed by atoms with Crippen LogP contribution < -0.4 is 5.32 Å². The molecule has 1 saturated heterocycles. The maximum Gasteiger partial charge on any atom is 0.269 e. The van der Waals surface area contributed by atoms with E-state index in [1.54, 1.807) is 17.0 Å². The van der Waals surface area contributed by atoms with Gasteiger partial charge in [-0.15, -0.1) is 0 Å². The second-order valence-corrected chi connectivity index (χ2v) is 7.28. The summed E-state index contributed by atoms with van der Waals surface area (Å²) in [5.74, 6) is 0.0334. The molecule has 2 aliphatic rings.